The van der Waals surface area contributed by atoms with Gasteiger partial charge >= 0.3 is 0 Å². The first-order valence-corrected chi connectivity index (χ1v) is 13.2. The van der Waals surface area contributed by atoms with Gasteiger partial charge in [0.05, 0.1) is 29.3 Å². The Balaban J connectivity index is 1.28. The van der Waals surface area contributed by atoms with Crippen LogP contribution in [-0.4, -0.2) is 47.5 Å². The maximum absolute atomic E-state index is 9.19. The number of piperidine rings is 1. The zero-order valence-corrected chi connectivity index (χ0v) is 21.2. The molecule has 2 bridgehead atoms. The average molecular weight is 495 g/mol. The van der Waals surface area contributed by atoms with Crippen LogP contribution >= 0.6 is 0 Å². The number of nitrogens with zero attached hydrogens (tertiary/aromatic N) is 8. The molecule has 0 unspecified atom stereocenters. The van der Waals surface area contributed by atoms with E-state index in [-0.39, 0.29) is 17.7 Å². The van der Waals surface area contributed by atoms with Crippen molar-refractivity contribution in [1.29, 1.82) is 5.26 Å². The number of ether oxygens (including phenoxy) is 1. The van der Waals surface area contributed by atoms with Crippen LogP contribution in [0.3, 0.4) is 0 Å². The van der Waals surface area contributed by atoms with Crippen molar-refractivity contribution in [2.75, 3.05) is 13.1 Å². The molecule has 4 aliphatic rings. The zero-order chi connectivity index (χ0) is 25.1. The fraction of sp³-hybridized carbons (Fsp3) is 0.464. The first kappa shape index (κ1) is 22.3. The molecule has 9 heteroatoms. The molecule has 8 rings (SSSR count). The van der Waals surface area contributed by atoms with E-state index in [0.717, 1.165) is 71.3 Å². The van der Waals surface area contributed by atoms with Gasteiger partial charge in [-0.3, -0.25) is 4.98 Å². The van der Waals surface area contributed by atoms with Gasteiger partial charge in [-0.2, -0.15) is 5.26 Å². The molecule has 3 aliphatic carbocycles. The van der Waals surface area contributed by atoms with Crippen molar-refractivity contribution in [3.8, 4) is 23.2 Å². The Morgan fingerprint density at radius 1 is 1.14 bits per heavy atom. The molecule has 0 amide bonds. The summed E-state index contributed by atoms with van der Waals surface area (Å²) in [7, 11) is 0. The van der Waals surface area contributed by atoms with Crippen LogP contribution in [0.25, 0.3) is 22.3 Å². The Labute approximate surface area is 215 Å². The summed E-state index contributed by atoms with van der Waals surface area (Å²) in [4.78, 5) is 11.2. The second kappa shape index (κ2) is 8.30. The van der Waals surface area contributed by atoms with Crippen LogP contribution in [0.2, 0.25) is 0 Å². The lowest BCUT2D eigenvalue weighted by Gasteiger charge is -2.62. The Bertz CT molecular complexity index is 1490. The second-order valence-electron chi connectivity index (χ2n) is 11.0. The van der Waals surface area contributed by atoms with Gasteiger partial charge in [0.25, 0.3) is 0 Å². The normalized spacial score (nSPS) is 23.8. The van der Waals surface area contributed by atoms with Crippen LogP contribution in [0.1, 0.15) is 62.6 Å². The highest BCUT2D eigenvalue weighted by Gasteiger charge is 2.58. The number of hydrogen-bond acceptors (Lipinski definition) is 7. The smallest absolute Gasteiger partial charge is 0.179 e. The quantitative estimate of drug-likeness (QED) is 0.356. The van der Waals surface area contributed by atoms with Gasteiger partial charge in [-0.05, 0) is 76.1 Å². The Kier molecular flexibility index (Phi) is 5.00. The average Bonchev–Trinajstić information content (AvgIpc) is 3.46. The summed E-state index contributed by atoms with van der Waals surface area (Å²) in [5.74, 6) is 1.68. The van der Waals surface area contributed by atoms with Crippen LogP contribution < -0.4 is 4.74 Å². The van der Waals surface area contributed by atoms with Crippen molar-refractivity contribution in [3.63, 3.8) is 0 Å². The SMILES string of the molecule is Cc1c(-c2cc(O[C@H](C)c3ccccn3)c3c(c2)ncn3C23CC(C2)C3)nnn1C1CCN(C#N)CC1. The van der Waals surface area contributed by atoms with E-state index in [9.17, 15) is 5.26 Å². The third kappa shape index (κ3) is 3.50. The third-order valence-corrected chi connectivity index (χ3v) is 8.69. The predicted octanol–water partition coefficient (Wildman–Crippen LogP) is 4.77. The van der Waals surface area contributed by atoms with E-state index in [1.807, 2.05) is 41.0 Å². The predicted molar refractivity (Wildman–Crippen MR) is 138 cm³/mol. The van der Waals surface area contributed by atoms with E-state index in [1.54, 1.807) is 6.20 Å². The summed E-state index contributed by atoms with van der Waals surface area (Å²) in [5.41, 5.74) is 5.89. The number of nitriles is 1. The molecular weight excluding hydrogens is 464 g/mol. The van der Waals surface area contributed by atoms with E-state index in [1.165, 1.54) is 19.3 Å². The molecule has 4 fully saturated rings. The maximum Gasteiger partial charge on any atom is 0.179 e. The molecule has 3 saturated carbocycles. The summed E-state index contributed by atoms with van der Waals surface area (Å²) < 4.78 is 11.0. The minimum Gasteiger partial charge on any atom is -0.482 e. The highest BCUT2D eigenvalue weighted by Crippen LogP contribution is 2.63. The largest absolute Gasteiger partial charge is 0.482 e. The highest BCUT2D eigenvalue weighted by atomic mass is 16.5. The minimum absolute atomic E-state index is 0.199. The van der Waals surface area contributed by atoms with E-state index in [0.29, 0.717) is 0 Å². The Hall–Kier alpha value is -3.93. The number of likely N-dealkylation sites (tertiary alicyclic amines) is 1. The van der Waals surface area contributed by atoms with Gasteiger partial charge in [0.1, 0.15) is 23.1 Å². The molecule has 9 nitrogen and oxygen atoms in total. The van der Waals surface area contributed by atoms with E-state index >= 15 is 0 Å². The lowest BCUT2D eigenvalue weighted by atomic mass is 9.49. The van der Waals surface area contributed by atoms with E-state index in [4.69, 9.17) is 9.72 Å². The number of rotatable bonds is 6. The van der Waals surface area contributed by atoms with Crippen molar-refractivity contribution in [1.82, 2.24) is 34.4 Å². The van der Waals surface area contributed by atoms with E-state index in [2.05, 4.69) is 45.1 Å². The van der Waals surface area contributed by atoms with Crippen molar-refractivity contribution < 1.29 is 4.74 Å². The summed E-state index contributed by atoms with van der Waals surface area (Å²) in [6.45, 7) is 5.63. The molecule has 0 N–H and O–H groups in total. The van der Waals surface area contributed by atoms with Crippen LogP contribution in [-0.2, 0) is 5.54 Å². The van der Waals surface area contributed by atoms with Gasteiger partial charge < -0.3 is 14.2 Å². The van der Waals surface area contributed by atoms with E-state index < -0.39 is 0 Å². The summed E-state index contributed by atoms with van der Waals surface area (Å²) in [6.07, 6.45) is 11.3. The molecule has 4 heterocycles. The molecule has 0 radical (unpaired) electrons. The fourth-order valence-corrected chi connectivity index (χ4v) is 6.46. The lowest BCUT2D eigenvalue weighted by Crippen LogP contribution is -2.59. The molecule has 188 valence electrons. The molecule has 0 spiro atoms. The number of imidazole rings is 1. The highest BCUT2D eigenvalue weighted by molar-refractivity contribution is 5.88. The van der Waals surface area contributed by atoms with Crippen LogP contribution in [0.5, 0.6) is 5.75 Å². The molecule has 37 heavy (non-hydrogen) atoms. The Morgan fingerprint density at radius 3 is 2.62 bits per heavy atom. The van der Waals surface area contributed by atoms with Gasteiger partial charge in [0.15, 0.2) is 6.19 Å². The van der Waals surface area contributed by atoms with Gasteiger partial charge in [-0.1, -0.05) is 11.3 Å². The first-order valence-electron chi connectivity index (χ1n) is 13.2. The molecule has 3 aromatic heterocycles. The van der Waals surface area contributed by atoms with Crippen LogP contribution in [0.4, 0.5) is 0 Å². The Morgan fingerprint density at radius 2 is 1.95 bits per heavy atom. The minimum atomic E-state index is -0.210. The maximum atomic E-state index is 9.19. The molecule has 1 aliphatic heterocycles. The summed E-state index contributed by atoms with van der Waals surface area (Å²) in [6, 6.07) is 10.4. The number of aromatic nitrogens is 6. The van der Waals surface area contributed by atoms with Gasteiger partial charge in [0, 0.05) is 30.4 Å². The third-order valence-electron chi connectivity index (χ3n) is 8.69. The first-order chi connectivity index (χ1) is 18.0. The second-order valence-corrected chi connectivity index (χ2v) is 11.0. The van der Waals surface area contributed by atoms with Crippen LogP contribution in [0.15, 0.2) is 42.9 Å². The lowest BCUT2D eigenvalue weighted by molar-refractivity contribution is -0.0861. The van der Waals surface area contributed by atoms with Gasteiger partial charge in [0.2, 0.25) is 0 Å². The molecule has 1 aromatic carbocycles. The van der Waals surface area contributed by atoms with Crippen molar-refractivity contribution in [2.45, 2.75) is 63.6 Å². The molecular formula is C28H30N8O. The van der Waals surface area contributed by atoms with Crippen molar-refractivity contribution in [2.24, 2.45) is 5.92 Å². The molecule has 4 aromatic rings. The van der Waals surface area contributed by atoms with Crippen LogP contribution in [0, 0.1) is 24.3 Å². The number of pyridine rings is 1. The van der Waals surface area contributed by atoms with Gasteiger partial charge in [-0.15, -0.1) is 5.10 Å². The van der Waals surface area contributed by atoms with Gasteiger partial charge in [-0.25, -0.2) is 9.67 Å². The number of hydrogen-bond donors (Lipinski definition) is 0. The number of benzene rings is 1. The number of fused-ring (bicyclic) bond motifs is 1. The van der Waals surface area contributed by atoms with Crippen molar-refractivity contribution in [3.05, 3.63) is 54.2 Å². The molecule has 1 atom stereocenters. The van der Waals surface area contributed by atoms with Crippen molar-refractivity contribution >= 4 is 11.0 Å². The monoisotopic (exact) mass is 494 g/mol. The zero-order valence-electron chi connectivity index (χ0n) is 21.2. The summed E-state index contributed by atoms with van der Waals surface area (Å²) in [5, 5.41) is 18.3. The topological polar surface area (TPSA) is 97.7 Å². The summed E-state index contributed by atoms with van der Waals surface area (Å²) >= 11 is 0. The fourth-order valence-electron chi connectivity index (χ4n) is 6.46. The standard InChI is InChI=1S/C28H30N8O/c1-18-26(32-33-36(18)22-6-9-34(16-29)10-7-22)21-11-24-27(35(17-31-24)28-13-20(14-28)15-28)25(12-21)37-19(2)23-5-3-4-8-30-23/h3-5,8,11-12,17,19-20,22H,6-7,9-10,13-15H2,1-2H3/t19-,20?,28?/m1/s1. The molecule has 1 saturated heterocycles.